The summed E-state index contributed by atoms with van der Waals surface area (Å²) in [5, 5.41) is 15.6. The molecule has 0 saturated heterocycles. The highest BCUT2D eigenvalue weighted by Gasteiger charge is 2.42. The molecule has 3 rings (SSSR count). The highest BCUT2D eigenvalue weighted by Crippen LogP contribution is 2.40. The van der Waals surface area contributed by atoms with Crippen LogP contribution in [0.4, 0.5) is 4.39 Å². The van der Waals surface area contributed by atoms with E-state index in [1.165, 1.54) is 12.1 Å². The molecule has 1 aliphatic heterocycles. The largest absolute Gasteiger partial charge is 0.493 e. The molecule has 26 heavy (non-hydrogen) atoms. The molecule has 1 aliphatic rings. The van der Waals surface area contributed by atoms with E-state index >= 15 is 0 Å². The van der Waals surface area contributed by atoms with Gasteiger partial charge in [-0.1, -0.05) is 24.3 Å². The van der Waals surface area contributed by atoms with E-state index in [0.717, 1.165) is 0 Å². The molecule has 0 bridgehead atoms. The number of hydrogen-bond acceptors (Lipinski definition) is 4. The Labute approximate surface area is 156 Å². The number of fused-ring (bicyclic) bond motifs is 1. The third kappa shape index (κ3) is 3.54. The van der Waals surface area contributed by atoms with Crippen molar-refractivity contribution in [1.29, 1.82) is 0 Å². The molecule has 3 N–H and O–H groups in total. The third-order valence-corrected chi connectivity index (χ3v) is 4.82. The van der Waals surface area contributed by atoms with Crippen molar-refractivity contribution in [2.75, 3.05) is 13.2 Å². The van der Waals surface area contributed by atoms with Crippen LogP contribution >= 0.6 is 12.2 Å². The number of carbonyl (C=O) groups excluding carboxylic acids is 1. The van der Waals surface area contributed by atoms with Crippen LogP contribution < -0.4 is 15.4 Å². The predicted octanol–water partition coefficient (Wildman–Crippen LogP) is 2.35. The first-order chi connectivity index (χ1) is 12.4. The molecular formula is C19H19FN2O3S. The lowest BCUT2D eigenvalue weighted by molar-refractivity contribution is 0.0723. The average molecular weight is 374 g/mol. The fraction of sp³-hybridized carbons (Fsp3) is 0.263. The van der Waals surface area contributed by atoms with Gasteiger partial charge in [0.25, 0.3) is 5.91 Å². The van der Waals surface area contributed by atoms with Gasteiger partial charge in [0, 0.05) is 23.1 Å². The molecule has 2 aromatic rings. The molecule has 0 radical (unpaired) electrons. The number of aliphatic hydroxyl groups is 1. The highest BCUT2D eigenvalue weighted by atomic mass is 32.1. The normalized spacial score (nSPS) is 21.3. The number of nitrogens with one attached hydrogen (secondary N) is 2. The fourth-order valence-corrected chi connectivity index (χ4v) is 3.36. The van der Waals surface area contributed by atoms with Gasteiger partial charge in [-0.3, -0.25) is 10.1 Å². The van der Waals surface area contributed by atoms with E-state index in [1.807, 2.05) is 13.0 Å². The average Bonchev–Trinajstić information content (AvgIpc) is 2.62. The summed E-state index contributed by atoms with van der Waals surface area (Å²) in [5.41, 5.74) is 0.326. The van der Waals surface area contributed by atoms with Crippen molar-refractivity contribution >= 4 is 23.2 Å². The van der Waals surface area contributed by atoms with Crippen LogP contribution in [-0.2, 0) is 5.54 Å². The number of carbonyl (C=O) groups is 1. The molecule has 0 saturated carbocycles. The maximum Gasteiger partial charge on any atom is 0.257 e. The van der Waals surface area contributed by atoms with Gasteiger partial charge >= 0.3 is 0 Å². The maximum absolute atomic E-state index is 13.5. The molecule has 0 aromatic heterocycles. The van der Waals surface area contributed by atoms with Crippen LogP contribution in [0.2, 0.25) is 0 Å². The van der Waals surface area contributed by atoms with Gasteiger partial charge in [-0.25, -0.2) is 4.39 Å². The second kappa shape index (κ2) is 7.39. The second-order valence-corrected chi connectivity index (χ2v) is 6.72. The van der Waals surface area contributed by atoms with E-state index in [-0.39, 0.29) is 30.2 Å². The van der Waals surface area contributed by atoms with E-state index in [0.29, 0.717) is 16.9 Å². The first kappa shape index (κ1) is 18.3. The molecular weight excluding hydrogens is 355 g/mol. The smallest absolute Gasteiger partial charge is 0.257 e. The van der Waals surface area contributed by atoms with Crippen LogP contribution in [0.25, 0.3) is 0 Å². The van der Waals surface area contributed by atoms with E-state index in [2.05, 4.69) is 10.6 Å². The van der Waals surface area contributed by atoms with Gasteiger partial charge in [0.2, 0.25) is 0 Å². The number of hydrogen-bond donors (Lipinski definition) is 3. The van der Waals surface area contributed by atoms with Crippen molar-refractivity contribution in [3.05, 3.63) is 65.5 Å². The Morgan fingerprint density at radius 1 is 1.35 bits per heavy atom. The predicted molar refractivity (Wildman–Crippen MR) is 99.5 cm³/mol. The Hall–Kier alpha value is -2.51. The molecule has 0 fully saturated rings. The van der Waals surface area contributed by atoms with E-state index in [4.69, 9.17) is 17.0 Å². The number of halogens is 1. The van der Waals surface area contributed by atoms with Crippen molar-refractivity contribution in [1.82, 2.24) is 10.6 Å². The topological polar surface area (TPSA) is 70.6 Å². The number of rotatable bonds is 3. The monoisotopic (exact) mass is 374 g/mol. The summed E-state index contributed by atoms with van der Waals surface area (Å²) in [4.78, 5) is 12.3. The summed E-state index contributed by atoms with van der Waals surface area (Å²) in [6.07, 6.45) is 0. The Morgan fingerprint density at radius 3 is 2.77 bits per heavy atom. The fourth-order valence-electron chi connectivity index (χ4n) is 3.06. The highest BCUT2D eigenvalue weighted by molar-refractivity contribution is 7.80. The molecule has 7 heteroatoms. The molecule has 0 aliphatic carbocycles. The van der Waals surface area contributed by atoms with Gasteiger partial charge in [0.15, 0.2) is 5.11 Å². The van der Waals surface area contributed by atoms with Crippen LogP contribution in [0.5, 0.6) is 5.75 Å². The van der Waals surface area contributed by atoms with Crippen molar-refractivity contribution < 1.29 is 19.0 Å². The molecule has 5 nitrogen and oxygen atoms in total. The molecule has 1 amide bonds. The third-order valence-electron chi connectivity index (χ3n) is 4.62. The molecule has 0 spiro atoms. The minimum absolute atomic E-state index is 0.122. The van der Waals surface area contributed by atoms with E-state index in [1.54, 1.807) is 30.3 Å². The first-order valence-electron chi connectivity index (χ1n) is 8.16. The quantitative estimate of drug-likeness (QED) is 0.720. The van der Waals surface area contributed by atoms with Gasteiger partial charge in [-0.15, -0.1) is 0 Å². The van der Waals surface area contributed by atoms with Crippen molar-refractivity contribution in [3.8, 4) is 5.75 Å². The SMILES string of the molecule is C[C@@]1(NC(=S)NC(=O)c2ccccc2)c2ccc(F)cc2OC[C@@H]1CO. The van der Waals surface area contributed by atoms with E-state index in [9.17, 15) is 14.3 Å². The molecule has 2 aromatic carbocycles. The Balaban J connectivity index is 1.82. The zero-order valence-electron chi connectivity index (χ0n) is 14.2. The number of thiocarbonyl (C=S) groups is 1. The van der Waals surface area contributed by atoms with Crippen molar-refractivity contribution in [2.45, 2.75) is 12.5 Å². The lowest BCUT2D eigenvalue weighted by Crippen LogP contribution is -2.57. The van der Waals surface area contributed by atoms with Crippen LogP contribution in [0.15, 0.2) is 48.5 Å². The maximum atomic E-state index is 13.5. The Kier molecular flexibility index (Phi) is 5.20. The van der Waals surface area contributed by atoms with Gasteiger partial charge in [-0.05, 0) is 37.3 Å². The minimum Gasteiger partial charge on any atom is -0.493 e. The Morgan fingerprint density at radius 2 is 2.08 bits per heavy atom. The number of benzene rings is 2. The van der Waals surface area contributed by atoms with Crippen molar-refractivity contribution in [2.24, 2.45) is 5.92 Å². The van der Waals surface area contributed by atoms with Crippen LogP contribution in [0.3, 0.4) is 0 Å². The molecule has 136 valence electrons. The Bertz CT molecular complexity index is 831. The first-order valence-corrected chi connectivity index (χ1v) is 8.57. The summed E-state index contributed by atoms with van der Waals surface area (Å²) in [5.74, 6) is -0.680. The minimum atomic E-state index is -0.822. The summed E-state index contributed by atoms with van der Waals surface area (Å²) in [6.45, 7) is 1.88. The molecule has 2 atom stereocenters. The standard InChI is InChI=1S/C19H19FN2O3S/c1-19(22-18(26)21-17(24)12-5-3-2-4-6-12)13(10-23)11-25-16-9-14(20)7-8-15(16)19/h2-9,13,23H,10-11H2,1H3,(H2,21,22,24,26)/t13-,19-/m0/s1. The molecule has 1 heterocycles. The zero-order valence-corrected chi connectivity index (χ0v) is 15.0. The van der Waals surface area contributed by atoms with Gasteiger partial charge < -0.3 is 15.2 Å². The zero-order chi connectivity index (χ0) is 18.7. The van der Waals surface area contributed by atoms with Gasteiger partial charge in [-0.2, -0.15) is 0 Å². The van der Waals surface area contributed by atoms with E-state index < -0.39 is 11.4 Å². The summed E-state index contributed by atoms with van der Waals surface area (Å²) in [7, 11) is 0. The molecule has 0 unspecified atom stereocenters. The number of amides is 1. The van der Waals surface area contributed by atoms with Gasteiger partial charge in [0.1, 0.15) is 11.6 Å². The summed E-state index contributed by atoms with van der Waals surface area (Å²) in [6, 6.07) is 12.9. The van der Waals surface area contributed by atoms with Crippen LogP contribution in [0.1, 0.15) is 22.8 Å². The lowest BCUT2D eigenvalue weighted by Gasteiger charge is -2.43. The number of aliphatic hydroxyl groups excluding tert-OH is 1. The lowest BCUT2D eigenvalue weighted by atomic mass is 9.78. The van der Waals surface area contributed by atoms with Crippen LogP contribution in [-0.4, -0.2) is 29.3 Å². The van der Waals surface area contributed by atoms with Gasteiger partial charge in [0.05, 0.1) is 18.8 Å². The second-order valence-electron chi connectivity index (χ2n) is 6.31. The van der Waals surface area contributed by atoms with Crippen LogP contribution in [0, 0.1) is 11.7 Å². The van der Waals surface area contributed by atoms with Crippen molar-refractivity contribution in [3.63, 3.8) is 0 Å². The summed E-state index contributed by atoms with van der Waals surface area (Å²) < 4.78 is 19.1. The summed E-state index contributed by atoms with van der Waals surface area (Å²) >= 11 is 5.30. The number of ether oxygens (including phenoxy) is 1.